The Balaban J connectivity index is 2.49. The number of rotatable bonds is 2. The molecule has 0 amide bonds. The summed E-state index contributed by atoms with van der Waals surface area (Å²) in [6, 6.07) is 0. The summed E-state index contributed by atoms with van der Waals surface area (Å²) in [5.74, 6) is 0. The van der Waals surface area contributed by atoms with Gasteiger partial charge in [-0.05, 0) is 20.8 Å². The quantitative estimate of drug-likeness (QED) is 0.828. The molecule has 0 saturated carbocycles. The Morgan fingerprint density at radius 1 is 1.33 bits per heavy atom. The Morgan fingerprint density at radius 3 is 2.53 bits per heavy atom. The van der Waals surface area contributed by atoms with E-state index in [-0.39, 0.29) is 0 Å². The topological polar surface area (TPSA) is 69.6 Å². The highest BCUT2D eigenvalue weighted by atomic mass is 32.1. The predicted molar refractivity (Wildman–Crippen MR) is 59.1 cm³/mol. The molecule has 0 spiro atoms. The number of hydrogen-bond acceptors (Lipinski definition) is 5. The van der Waals surface area contributed by atoms with E-state index in [0.717, 1.165) is 22.2 Å². The Hall–Kier alpha value is -1.27. The summed E-state index contributed by atoms with van der Waals surface area (Å²) in [6.45, 7) is 6.40. The number of thiazole rings is 1. The standard InChI is InChI=1S/C9H13N5S/c1-5-7(3)15-9(11-5)14-6(2)8(4-10)12-13-14/h4,10H2,1-3H3. The van der Waals surface area contributed by atoms with Crippen LogP contribution in [0.2, 0.25) is 0 Å². The number of aromatic nitrogens is 4. The van der Waals surface area contributed by atoms with Crippen LogP contribution in [0.4, 0.5) is 0 Å². The van der Waals surface area contributed by atoms with Crippen LogP contribution in [0.5, 0.6) is 0 Å². The largest absolute Gasteiger partial charge is 0.325 e. The van der Waals surface area contributed by atoms with Crippen LogP contribution in [-0.4, -0.2) is 20.0 Å². The molecule has 0 aromatic carbocycles. The fourth-order valence-corrected chi connectivity index (χ4v) is 2.19. The van der Waals surface area contributed by atoms with Crippen LogP contribution in [0.3, 0.4) is 0 Å². The second-order valence-electron chi connectivity index (χ2n) is 3.38. The molecule has 6 heteroatoms. The molecule has 2 aromatic heterocycles. The summed E-state index contributed by atoms with van der Waals surface area (Å²) in [5.41, 5.74) is 8.37. The summed E-state index contributed by atoms with van der Waals surface area (Å²) < 4.78 is 1.74. The van der Waals surface area contributed by atoms with Crippen molar-refractivity contribution in [2.45, 2.75) is 27.3 Å². The van der Waals surface area contributed by atoms with E-state index in [4.69, 9.17) is 5.73 Å². The fraction of sp³-hybridized carbons (Fsp3) is 0.444. The van der Waals surface area contributed by atoms with E-state index in [1.165, 1.54) is 4.88 Å². The minimum Gasteiger partial charge on any atom is -0.325 e. The lowest BCUT2D eigenvalue weighted by Gasteiger charge is -1.96. The summed E-state index contributed by atoms with van der Waals surface area (Å²) in [4.78, 5) is 5.63. The van der Waals surface area contributed by atoms with Crippen LogP contribution in [0.25, 0.3) is 5.13 Å². The highest BCUT2D eigenvalue weighted by Gasteiger charge is 2.12. The first-order chi connectivity index (χ1) is 7.13. The van der Waals surface area contributed by atoms with E-state index < -0.39 is 0 Å². The Bertz CT molecular complexity index is 465. The van der Waals surface area contributed by atoms with Gasteiger partial charge in [0.25, 0.3) is 0 Å². The van der Waals surface area contributed by atoms with Gasteiger partial charge in [-0.2, -0.15) is 4.68 Å². The van der Waals surface area contributed by atoms with Crippen LogP contribution >= 0.6 is 11.3 Å². The third kappa shape index (κ3) is 1.66. The lowest BCUT2D eigenvalue weighted by Crippen LogP contribution is -2.01. The molecule has 2 heterocycles. The molecule has 0 aliphatic heterocycles. The minimum absolute atomic E-state index is 0.412. The molecule has 0 aliphatic carbocycles. The van der Waals surface area contributed by atoms with E-state index in [9.17, 15) is 0 Å². The van der Waals surface area contributed by atoms with Gasteiger partial charge in [-0.25, -0.2) is 4.98 Å². The van der Waals surface area contributed by atoms with Crippen molar-refractivity contribution in [3.63, 3.8) is 0 Å². The molecule has 2 aromatic rings. The van der Waals surface area contributed by atoms with Crippen molar-refractivity contribution >= 4 is 11.3 Å². The second-order valence-corrected chi connectivity index (χ2v) is 4.56. The van der Waals surface area contributed by atoms with Gasteiger partial charge in [-0.15, -0.1) is 5.10 Å². The molecule has 0 bridgehead atoms. The fourth-order valence-electron chi connectivity index (χ4n) is 1.28. The first kappa shape index (κ1) is 10.3. The van der Waals surface area contributed by atoms with E-state index >= 15 is 0 Å². The van der Waals surface area contributed by atoms with Gasteiger partial charge in [0.1, 0.15) is 0 Å². The van der Waals surface area contributed by atoms with Gasteiger partial charge in [-0.1, -0.05) is 16.6 Å². The lowest BCUT2D eigenvalue weighted by atomic mass is 10.3. The average molecular weight is 223 g/mol. The Kier molecular flexibility index (Phi) is 2.54. The monoisotopic (exact) mass is 223 g/mol. The molecule has 2 N–H and O–H groups in total. The predicted octanol–water partition coefficient (Wildman–Crippen LogP) is 1.11. The molecule has 0 radical (unpaired) electrons. The van der Waals surface area contributed by atoms with Crippen molar-refractivity contribution in [1.82, 2.24) is 20.0 Å². The highest BCUT2D eigenvalue weighted by molar-refractivity contribution is 7.14. The van der Waals surface area contributed by atoms with E-state index in [1.54, 1.807) is 16.0 Å². The van der Waals surface area contributed by atoms with Crippen molar-refractivity contribution in [1.29, 1.82) is 0 Å². The molecule has 0 aliphatic rings. The molecular weight excluding hydrogens is 210 g/mol. The van der Waals surface area contributed by atoms with Crippen molar-refractivity contribution in [3.05, 3.63) is 22.0 Å². The normalized spacial score (nSPS) is 10.9. The molecule has 0 unspecified atom stereocenters. The van der Waals surface area contributed by atoms with Gasteiger partial charge in [0.2, 0.25) is 5.13 Å². The van der Waals surface area contributed by atoms with Crippen molar-refractivity contribution < 1.29 is 0 Å². The zero-order valence-electron chi connectivity index (χ0n) is 8.98. The third-order valence-corrected chi connectivity index (χ3v) is 3.43. The van der Waals surface area contributed by atoms with Crippen molar-refractivity contribution in [2.75, 3.05) is 0 Å². The van der Waals surface area contributed by atoms with Crippen molar-refractivity contribution in [2.24, 2.45) is 5.73 Å². The Labute approximate surface area is 91.9 Å². The van der Waals surface area contributed by atoms with E-state index in [0.29, 0.717) is 6.54 Å². The Morgan fingerprint density at radius 2 is 2.07 bits per heavy atom. The first-order valence-corrected chi connectivity index (χ1v) is 5.50. The van der Waals surface area contributed by atoms with Gasteiger partial charge in [0.15, 0.2) is 0 Å². The molecular formula is C9H13N5S. The summed E-state index contributed by atoms with van der Waals surface area (Å²) in [5, 5.41) is 8.91. The lowest BCUT2D eigenvalue weighted by molar-refractivity contribution is 0.775. The maximum atomic E-state index is 5.54. The van der Waals surface area contributed by atoms with Crippen LogP contribution < -0.4 is 5.73 Å². The molecule has 15 heavy (non-hydrogen) atoms. The van der Waals surface area contributed by atoms with Gasteiger partial charge in [0.05, 0.1) is 17.1 Å². The van der Waals surface area contributed by atoms with Crippen LogP contribution in [0, 0.1) is 20.8 Å². The SMILES string of the molecule is Cc1nc(-n2nnc(CN)c2C)sc1C. The number of aryl methyl sites for hydroxylation is 2. The molecule has 5 nitrogen and oxygen atoms in total. The minimum atomic E-state index is 0.412. The average Bonchev–Trinajstić information content (AvgIpc) is 2.71. The van der Waals surface area contributed by atoms with Crippen LogP contribution in [0.15, 0.2) is 0 Å². The zero-order valence-corrected chi connectivity index (χ0v) is 9.80. The summed E-state index contributed by atoms with van der Waals surface area (Å²) in [6.07, 6.45) is 0. The molecule has 2 rings (SSSR count). The van der Waals surface area contributed by atoms with Crippen LogP contribution in [-0.2, 0) is 6.54 Å². The summed E-state index contributed by atoms with van der Waals surface area (Å²) in [7, 11) is 0. The highest BCUT2D eigenvalue weighted by Crippen LogP contribution is 2.21. The van der Waals surface area contributed by atoms with Gasteiger partial charge in [-0.3, -0.25) is 0 Å². The maximum Gasteiger partial charge on any atom is 0.212 e. The van der Waals surface area contributed by atoms with Crippen molar-refractivity contribution in [3.8, 4) is 5.13 Å². The van der Waals surface area contributed by atoms with Gasteiger partial charge >= 0.3 is 0 Å². The molecule has 0 fully saturated rings. The maximum absolute atomic E-state index is 5.54. The smallest absolute Gasteiger partial charge is 0.212 e. The number of nitrogens with two attached hydrogens (primary N) is 1. The van der Waals surface area contributed by atoms with E-state index in [2.05, 4.69) is 15.3 Å². The van der Waals surface area contributed by atoms with Crippen LogP contribution in [0.1, 0.15) is 22.0 Å². The first-order valence-electron chi connectivity index (χ1n) is 4.69. The molecule has 0 atom stereocenters. The zero-order chi connectivity index (χ0) is 11.0. The van der Waals surface area contributed by atoms with Gasteiger partial charge in [0, 0.05) is 11.4 Å². The summed E-state index contributed by atoms with van der Waals surface area (Å²) >= 11 is 1.61. The second kappa shape index (κ2) is 3.71. The molecule has 80 valence electrons. The van der Waals surface area contributed by atoms with Gasteiger partial charge < -0.3 is 5.73 Å². The molecule has 0 saturated heterocycles. The third-order valence-electron chi connectivity index (χ3n) is 2.38. The number of hydrogen-bond donors (Lipinski definition) is 1. The number of nitrogens with zero attached hydrogens (tertiary/aromatic N) is 4. The van der Waals surface area contributed by atoms with E-state index in [1.807, 2.05) is 20.8 Å².